The molecule has 0 bridgehead atoms. The van der Waals surface area contributed by atoms with Crippen molar-refractivity contribution >= 4 is 5.97 Å². The molecule has 0 rings (SSSR count). The maximum Gasteiger partial charge on any atom is 0.324 e. The second-order valence-electron chi connectivity index (χ2n) is 1.48. The molecule has 0 amide bonds. The van der Waals surface area contributed by atoms with Gasteiger partial charge in [-0.15, -0.1) is 6.42 Å². The fraction of sp³-hybridized carbons (Fsp3) is 0.400. The molecular formula is C5H7NO3. The minimum atomic E-state index is -1.40. The molecule has 0 aliphatic carbocycles. The monoisotopic (exact) mass is 129 g/mol. The number of rotatable bonds is 2. The molecule has 0 aromatic rings. The highest BCUT2D eigenvalue weighted by Gasteiger charge is 2.18. The summed E-state index contributed by atoms with van der Waals surface area (Å²) in [4.78, 5) is 9.92. The van der Waals surface area contributed by atoms with Crippen molar-refractivity contribution in [3.05, 3.63) is 0 Å². The van der Waals surface area contributed by atoms with Crippen LogP contribution in [-0.2, 0) is 4.79 Å². The highest BCUT2D eigenvalue weighted by atomic mass is 16.4. The summed E-state index contributed by atoms with van der Waals surface area (Å²) in [6.45, 7) is 0. The molecular weight excluding hydrogens is 122 g/mol. The maximum absolute atomic E-state index is 9.92. The Labute approximate surface area is 52.3 Å². The average molecular weight is 129 g/mol. The van der Waals surface area contributed by atoms with Gasteiger partial charge in [0.2, 0.25) is 0 Å². The van der Waals surface area contributed by atoms with E-state index in [4.69, 9.17) is 15.9 Å². The molecule has 0 aromatic heterocycles. The first-order chi connectivity index (χ1) is 4.09. The van der Waals surface area contributed by atoms with Crippen LogP contribution in [-0.4, -0.2) is 28.3 Å². The molecule has 0 saturated carbocycles. The fourth-order valence-corrected chi connectivity index (χ4v) is 0.239. The molecule has 4 nitrogen and oxygen atoms in total. The van der Waals surface area contributed by atoms with Gasteiger partial charge in [0.25, 0.3) is 0 Å². The molecule has 0 radical (unpaired) electrons. The third-order valence-electron chi connectivity index (χ3n) is 0.796. The molecule has 0 spiro atoms. The molecule has 0 saturated heterocycles. The van der Waals surface area contributed by atoms with Gasteiger partial charge >= 0.3 is 5.97 Å². The van der Waals surface area contributed by atoms with E-state index in [1.54, 1.807) is 5.92 Å². The number of aliphatic carboxylic acids is 1. The summed E-state index contributed by atoms with van der Waals surface area (Å²) < 4.78 is 0. The molecule has 0 aliphatic rings. The van der Waals surface area contributed by atoms with E-state index in [0.717, 1.165) is 0 Å². The first-order valence-electron chi connectivity index (χ1n) is 2.22. The second-order valence-corrected chi connectivity index (χ2v) is 1.48. The van der Waals surface area contributed by atoms with E-state index in [9.17, 15) is 4.79 Å². The summed E-state index contributed by atoms with van der Waals surface area (Å²) in [5, 5.41) is 16.7. The van der Waals surface area contributed by atoms with E-state index in [-0.39, 0.29) is 0 Å². The average Bonchev–Trinajstić information content (AvgIpc) is 1.84. The lowest BCUT2D eigenvalue weighted by Crippen LogP contribution is -2.40. The number of carbonyl (C=O) groups is 1. The highest BCUT2D eigenvalue weighted by Crippen LogP contribution is 1.86. The molecule has 1 unspecified atom stereocenters. The minimum absolute atomic E-state index is 1.31. The number of aliphatic hydroxyl groups excluding tert-OH is 1. The Morgan fingerprint density at radius 3 is 2.33 bits per heavy atom. The quantitative estimate of drug-likeness (QED) is 0.392. The lowest BCUT2D eigenvalue weighted by Gasteiger charge is -2.06. The number of hydrogen-bond acceptors (Lipinski definition) is 3. The smallest absolute Gasteiger partial charge is 0.324 e. The predicted octanol–water partition coefficient (Wildman–Crippen LogP) is -1.61. The van der Waals surface area contributed by atoms with Crippen LogP contribution >= 0.6 is 0 Å². The van der Waals surface area contributed by atoms with Gasteiger partial charge in [0.1, 0.15) is 12.1 Å². The van der Waals surface area contributed by atoms with Gasteiger partial charge in [0.05, 0.1) is 0 Å². The molecule has 2 atom stereocenters. The van der Waals surface area contributed by atoms with Gasteiger partial charge in [-0.25, -0.2) is 0 Å². The van der Waals surface area contributed by atoms with Gasteiger partial charge in [-0.3, -0.25) is 4.79 Å². The largest absolute Gasteiger partial charge is 0.480 e. The Morgan fingerprint density at radius 2 is 2.22 bits per heavy atom. The van der Waals surface area contributed by atoms with Gasteiger partial charge in [-0.2, -0.15) is 0 Å². The molecule has 0 fully saturated rings. The lowest BCUT2D eigenvalue weighted by molar-refractivity contribution is -0.140. The van der Waals surface area contributed by atoms with Crippen LogP contribution in [0, 0.1) is 12.3 Å². The summed E-state index contributed by atoms with van der Waals surface area (Å²) in [5.74, 6) is 0.491. The van der Waals surface area contributed by atoms with Crippen LogP contribution in [0.25, 0.3) is 0 Å². The van der Waals surface area contributed by atoms with Gasteiger partial charge < -0.3 is 15.9 Å². The Hall–Kier alpha value is -1.05. The van der Waals surface area contributed by atoms with E-state index in [0.29, 0.717) is 0 Å². The zero-order chi connectivity index (χ0) is 7.44. The maximum atomic E-state index is 9.92. The van der Waals surface area contributed by atoms with Crippen molar-refractivity contribution in [2.75, 3.05) is 0 Å². The van der Waals surface area contributed by atoms with Gasteiger partial charge in [-0.05, 0) is 0 Å². The Kier molecular flexibility index (Phi) is 2.71. The lowest BCUT2D eigenvalue weighted by atomic mass is 10.2. The third kappa shape index (κ3) is 2.13. The van der Waals surface area contributed by atoms with Crippen LogP contribution in [0.2, 0.25) is 0 Å². The van der Waals surface area contributed by atoms with E-state index in [1.165, 1.54) is 0 Å². The number of carboxylic acids is 1. The minimum Gasteiger partial charge on any atom is -0.480 e. The molecule has 0 aliphatic heterocycles. The van der Waals surface area contributed by atoms with Crippen LogP contribution < -0.4 is 5.73 Å². The van der Waals surface area contributed by atoms with Crippen molar-refractivity contribution in [2.24, 2.45) is 5.73 Å². The predicted molar refractivity (Wildman–Crippen MR) is 30.5 cm³/mol. The number of hydrogen-bond donors (Lipinski definition) is 3. The second kappa shape index (κ2) is 3.07. The van der Waals surface area contributed by atoms with Gasteiger partial charge in [-0.1, -0.05) is 5.92 Å². The molecule has 9 heavy (non-hydrogen) atoms. The van der Waals surface area contributed by atoms with Crippen LogP contribution in [0.15, 0.2) is 0 Å². The van der Waals surface area contributed by atoms with Crippen LogP contribution in [0.3, 0.4) is 0 Å². The van der Waals surface area contributed by atoms with Crippen molar-refractivity contribution < 1.29 is 15.0 Å². The van der Waals surface area contributed by atoms with Crippen molar-refractivity contribution in [1.82, 2.24) is 0 Å². The Bertz CT molecular complexity index is 149. The number of nitrogens with two attached hydrogens (primary N) is 1. The SMILES string of the molecule is C#CC(O)[C@H](N)C(=O)O. The first-order valence-corrected chi connectivity index (χ1v) is 2.22. The summed E-state index contributed by atoms with van der Waals surface area (Å²) in [6, 6.07) is -1.38. The zero-order valence-corrected chi connectivity index (χ0v) is 4.61. The van der Waals surface area contributed by atoms with Crippen molar-refractivity contribution in [3.8, 4) is 12.3 Å². The van der Waals surface area contributed by atoms with Crippen LogP contribution in [0.1, 0.15) is 0 Å². The van der Waals surface area contributed by atoms with Crippen LogP contribution in [0.4, 0.5) is 0 Å². The van der Waals surface area contributed by atoms with Crippen molar-refractivity contribution in [3.63, 3.8) is 0 Å². The molecule has 0 aromatic carbocycles. The summed E-state index contributed by atoms with van der Waals surface area (Å²) in [7, 11) is 0. The number of terminal acetylenes is 1. The van der Waals surface area contributed by atoms with Crippen molar-refractivity contribution in [2.45, 2.75) is 12.1 Å². The van der Waals surface area contributed by atoms with E-state index < -0.39 is 18.1 Å². The molecule has 4 N–H and O–H groups in total. The third-order valence-corrected chi connectivity index (χ3v) is 0.796. The Morgan fingerprint density at radius 1 is 1.78 bits per heavy atom. The molecule has 50 valence electrons. The topological polar surface area (TPSA) is 83.5 Å². The molecule has 0 heterocycles. The summed E-state index contributed by atoms with van der Waals surface area (Å²) in [6.07, 6.45) is 3.27. The number of aliphatic hydroxyl groups is 1. The summed E-state index contributed by atoms with van der Waals surface area (Å²) >= 11 is 0. The molecule has 4 heteroatoms. The van der Waals surface area contributed by atoms with E-state index in [1.807, 2.05) is 0 Å². The van der Waals surface area contributed by atoms with E-state index >= 15 is 0 Å². The van der Waals surface area contributed by atoms with Crippen LogP contribution in [0.5, 0.6) is 0 Å². The number of carboxylic acid groups (broad SMARTS) is 1. The normalized spacial score (nSPS) is 15.7. The first kappa shape index (κ1) is 7.95. The fourth-order valence-electron chi connectivity index (χ4n) is 0.239. The van der Waals surface area contributed by atoms with Gasteiger partial charge in [0, 0.05) is 0 Å². The van der Waals surface area contributed by atoms with E-state index in [2.05, 4.69) is 6.42 Å². The van der Waals surface area contributed by atoms with Gasteiger partial charge in [0.15, 0.2) is 0 Å². The van der Waals surface area contributed by atoms with Crippen molar-refractivity contribution in [1.29, 1.82) is 0 Å². The zero-order valence-electron chi connectivity index (χ0n) is 4.61. The summed E-state index contributed by atoms with van der Waals surface area (Å²) in [5.41, 5.74) is 4.88. The highest BCUT2D eigenvalue weighted by molar-refractivity contribution is 5.74. The Balaban J connectivity index is 3.91. The standard InChI is InChI=1S/C5H7NO3/c1-2-3(7)4(6)5(8)9/h1,3-4,7H,6H2,(H,8,9)/t3?,4-/m0/s1.